The average molecular weight is 361 g/mol. The molecule has 1 rings (SSSR count). The molecule has 2 amide bonds. The highest BCUT2D eigenvalue weighted by Crippen LogP contribution is 2.20. The van der Waals surface area contributed by atoms with E-state index in [2.05, 4.69) is 21.2 Å². The summed E-state index contributed by atoms with van der Waals surface area (Å²) in [6.45, 7) is 0.891. The molecule has 0 fully saturated rings. The normalized spacial score (nSPS) is 10.3. The number of benzene rings is 1. The molecule has 0 bridgehead atoms. The van der Waals surface area contributed by atoms with Crippen LogP contribution in [-0.2, 0) is 9.53 Å². The molecule has 0 aliphatic carbocycles. The number of rotatable bonds is 7. The molecule has 0 aliphatic heterocycles. The number of nitrogens with one attached hydrogen (secondary N) is 1. The molecule has 116 valence electrons. The van der Waals surface area contributed by atoms with Crippen LogP contribution in [0.2, 0.25) is 0 Å². The largest absolute Gasteiger partial charge is 0.385 e. The van der Waals surface area contributed by atoms with Crippen LogP contribution < -0.4 is 5.32 Å². The van der Waals surface area contributed by atoms with Crippen molar-refractivity contribution < 1.29 is 18.7 Å². The molecule has 1 N–H and O–H groups in total. The molecule has 0 aromatic heterocycles. The summed E-state index contributed by atoms with van der Waals surface area (Å²) in [6, 6.07) is 4.28. The van der Waals surface area contributed by atoms with Gasteiger partial charge >= 0.3 is 0 Å². The molecule has 0 saturated carbocycles. The van der Waals surface area contributed by atoms with Gasteiger partial charge in [0.15, 0.2) is 0 Å². The minimum absolute atomic E-state index is 0.0767. The van der Waals surface area contributed by atoms with E-state index in [1.54, 1.807) is 13.2 Å². The number of likely N-dealkylation sites (N-methyl/N-ethyl adjacent to an activating group) is 1. The van der Waals surface area contributed by atoms with Gasteiger partial charge in [-0.25, -0.2) is 4.39 Å². The number of hydrogen-bond acceptors (Lipinski definition) is 3. The van der Waals surface area contributed by atoms with Crippen molar-refractivity contribution in [3.8, 4) is 0 Å². The highest BCUT2D eigenvalue weighted by Gasteiger charge is 2.20. The smallest absolute Gasteiger partial charge is 0.258 e. The molecule has 0 atom stereocenters. The Bertz CT molecular complexity index is 491. The molecular weight excluding hydrogens is 343 g/mol. The van der Waals surface area contributed by atoms with Crippen molar-refractivity contribution in [2.45, 2.75) is 6.42 Å². The van der Waals surface area contributed by atoms with E-state index in [-0.39, 0.29) is 18.0 Å². The van der Waals surface area contributed by atoms with E-state index < -0.39 is 11.7 Å². The number of carbonyl (C=O) groups excluding carboxylic acids is 2. The van der Waals surface area contributed by atoms with Gasteiger partial charge in [-0.3, -0.25) is 9.59 Å². The lowest BCUT2D eigenvalue weighted by molar-refractivity contribution is -0.121. The number of nitrogens with zero attached hydrogens (tertiary/aromatic N) is 1. The molecule has 0 aliphatic rings. The Morgan fingerprint density at radius 2 is 2.14 bits per heavy atom. The van der Waals surface area contributed by atoms with Crippen LogP contribution in [0, 0.1) is 5.82 Å². The van der Waals surface area contributed by atoms with Gasteiger partial charge in [0.05, 0.1) is 12.1 Å². The molecule has 0 spiro atoms. The van der Waals surface area contributed by atoms with Crippen molar-refractivity contribution in [2.24, 2.45) is 0 Å². The molecule has 21 heavy (non-hydrogen) atoms. The average Bonchev–Trinajstić information content (AvgIpc) is 2.43. The number of carbonyl (C=O) groups is 2. The lowest BCUT2D eigenvalue weighted by Gasteiger charge is -2.18. The molecule has 1 aromatic rings. The van der Waals surface area contributed by atoms with Gasteiger partial charge in [0, 0.05) is 31.8 Å². The van der Waals surface area contributed by atoms with Crippen LogP contribution in [-0.4, -0.2) is 50.6 Å². The third-order valence-electron chi connectivity index (χ3n) is 2.75. The topological polar surface area (TPSA) is 58.6 Å². The van der Waals surface area contributed by atoms with Crippen LogP contribution in [0.15, 0.2) is 22.7 Å². The lowest BCUT2D eigenvalue weighted by Crippen LogP contribution is -2.39. The van der Waals surface area contributed by atoms with Crippen molar-refractivity contribution in [2.75, 3.05) is 33.9 Å². The number of ether oxygens (including phenoxy) is 1. The molecule has 7 heteroatoms. The Kier molecular flexibility index (Phi) is 7.31. The van der Waals surface area contributed by atoms with Gasteiger partial charge in [0.25, 0.3) is 5.91 Å². The Morgan fingerprint density at radius 1 is 1.43 bits per heavy atom. The Hall–Kier alpha value is -1.47. The molecule has 0 unspecified atom stereocenters. The van der Waals surface area contributed by atoms with Crippen molar-refractivity contribution >= 4 is 27.7 Å². The fourth-order valence-corrected chi connectivity index (χ4v) is 2.19. The second-order valence-corrected chi connectivity index (χ2v) is 5.31. The molecule has 0 radical (unpaired) electrons. The first kappa shape index (κ1) is 17.6. The highest BCUT2D eigenvalue weighted by atomic mass is 79.9. The monoisotopic (exact) mass is 360 g/mol. The van der Waals surface area contributed by atoms with Gasteiger partial charge in [-0.15, -0.1) is 0 Å². The van der Waals surface area contributed by atoms with Gasteiger partial charge in [-0.1, -0.05) is 6.07 Å². The molecule has 0 heterocycles. The fraction of sp³-hybridized carbons (Fsp3) is 0.429. The van der Waals surface area contributed by atoms with Crippen LogP contribution >= 0.6 is 15.9 Å². The summed E-state index contributed by atoms with van der Waals surface area (Å²) in [5, 5.41) is 2.67. The first-order valence-electron chi connectivity index (χ1n) is 6.42. The molecule has 1 aromatic carbocycles. The zero-order valence-corrected chi connectivity index (χ0v) is 13.6. The van der Waals surface area contributed by atoms with Crippen molar-refractivity contribution in [1.82, 2.24) is 10.2 Å². The van der Waals surface area contributed by atoms with Crippen LogP contribution in [0.4, 0.5) is 4.39 Å². The predicted molar refractivity (Wildman–Crippen MR) is 80.6 cm³/mol. The summed E-state index contributed by atoms with van der Waals surface area (Å²) in [7, 11) is 3.04. The van der Waals surface area contributed by atoms with Crippen LogP contribution in [0.3, 0.4) is 0 Å². The van der Waals surface area contributed by atoms with E-state index in [0.717, 1.165) is 0 Å². The van der Waals surface area contributed by atoms with E-state index >= 15 is 0 Å². The summed E-state index contributed by atoms with van der Waals surface area (Å²) < 4.78 is 18.9. The Labute approximate surface area is 131 Å². The second kappa shape index (κ2) is 8.74. The van der Waals surface area contributed by atoms with E-state index in [9.17, 15) is 14.0 Å². The van der Waals surface area contributed by atoms with E-state index in [0.29, 0.717) is 24.0 Å². The molecule has 0 saturated heterocycles. The maximum atomic E-state index is 13.7. The quantitative estimate of drug-likeness (QED) is 0.754. The number of halogens is 2. The maximum absolute atomic E-state index is 13.7. The summed E-state index contributed by atoms with van der Waals surface area (Å²) in [5.41, 5.74) is -0.0767. The minimum atomic E-state index is -0.623. The summed E-state index contributed by atoms with van der Waals surface area (Å²) in [4.78, 5) is 25.0. The van der Waals surface area contributed by atoms with Crippen molar-refractivity contribution in [1.29, 1.82) is 0 Å². The van der Waals surface area contributed by atoms with Crippen LogP contribution in [0.25, 0.3) is 0 Å². The SMILES string of the molecule is COCCCNC(=O)CN(C)C(=O)c1c(F)cccc1Br. The maximum Gasteiger partial charge on any atom is 0.258 e. The summed E-state index contributed by atoms with van der Waals surface area (Å²) in [5.74, 6) is -1.47. The standard InChI is InChI=1S/C14H18BrFN2O3/c1-18(9-12(19)17-7-4-8-21-2)14(20)13-10(15)5-3-6-11(13)16/h3,5-6H,4,7-9H2,1-2H3,(H,17,19). The lowest BCUT2D eigenvalue weighted by atomic mass is 10.2. The van der Waals surface area contributed by atoms with Gasteiger partial charge in [-0.05, 0) is 34.5 Å². The number of hydrogen-bond donors (Lipinski definition) is 1. The third-order valence-corrected chi connectivity index (χ3v) is 3.41. The number of amides is 2. The second-order valence-electron chi connectivity index (χ2n) is 4.45. The number of methoxy groups -OCH3 is 1. The van der Waals surface area contributed by atoms with Crippen molar-refractivity contribution in [3.63, 3.8) is 0 Å². The van der Waals surface area contributed by atoms with Crippen LogP contribution in [0.1, 0.15) is 16.8 Å². The third kappa shape index (κ3) is 5.43. The minimum Gasteiger partial charge on any atom is -0.385 e. The van der Waals surface area contributed by atoms with E-state index in [1.165, 1.54) is 24.1 Å². The predicted octanol–water partition coefficient (Wildman–Crippen LogP) is 1.81. The molecular formula is C14H18BrFN2O3. The first-order chi connectivity index (χ1) is 9.97. The van der Waals surface area contributed by atoms with E-state index in [4.69, 9.17) is 4.74 Å². The van der Waals surface area contributed by atoms with Gasteiger partial charge in [-0.2, -0.15) is 0 Å². The fourth-order valence-electron chi connectivity index (χ4n) is 1.68. The highest BCUT2D eigenvalue weighted by molar-refractivity contribution is 9.10. The summed E-state index contributed by atoms with van der Waals surface area (Å²) >= 11 is 3.14. The first-order valence-corrected chi connectivity index (χ1v) is 7.21. The Morgan fingerprint density at radius 3 is 2.76 bits per heavy atom. The van der Waals surface area contributed by atoms with E-state index in [1.807, 2.05) is 0 Å². The Balaban J connectivity index is 2.57. The zero-order chi connectivity index (χ0) is 15.8. The van der Waals surface area contributed by atoms with Gasteiger partial charge in [0.2, 0.25) is 5.91 Å². The van der Waals surface area contributed by atoms with Gasteiger partial charge in [0.1, 0.15) is 5.82 Å². The van der Waals surface area contributed by atoms with Crippen LogP contribution in [0.5, 0.6) is 0 Å². The molecule has 5 nitrogen and oxygen atoms in total. The van der Waals surface area contributed by atoms with Gasteiger partial charge < -0.3 is 15.0 Å². The van der Waals surface area contributed by atoms with Crippen molar-refractivity contribution in [3.05, 3.63) is 34.1 Å². The zero-order valence-electron chi connectivity index (χ0n) is 12.0. The summed E-state index contributed by atoms with van der Waals surface area (Å²) in [6.07, 6.45) is 0.693.